The van der Waals surface area contributed by atoms with Crippen molar-refractivity contribution in [2.75, 3.05) is 13.2 Å². The van der Waals surface area contributed by atoms with Crippen molar-refractivity contribution in [3.63, 3.8) is 0 Å². The van der Waals surface area contributed by atoms with Gasteiger partial charge in [-0.1, -0.05) is 19.4 Å². The van der Waals surface area contributed by atoms with Gasteiger partial charge in [-0.3, -0.25) is 0 Å². The van der Waals surface area contributed by atoms with E-state index in [0.29, 0.717) is 31.3 Å². The molecule has 256 valence electrons. The Hall–Kier alpha value is -4.05. The van der Waals surface area contributed by atoms with Gasteiger partial charge in [0, 0.05) is 36.6 Å². The van der Waals surface area contributed by atoms with Crippen LogP contribution in [0.5, 0.6) is 17.2 Å². The number of benzene rings is 3. The Morgan fingerprint density at radius 3 is 1.85 bits per heavy atom. The minimum absolute atomic E-state index is 0.0458. The van der Waals surface area contributed by atoms with Crippen LogP contribution in [0.2, 0.25) is 0 Å². The van der Waals surface area contributed by atoms with Gasteiger partial charge in [-0.05, 0) is 30.5 Å². The summed E-state index contributed by atoms with van der Waals surface area (Å²) in [5.74, 6) is -13.2. The minimum atomic E-state index is -5.01. The molecule has 0 amide bonds. The summed E-state index contributed by atoms with van der Waals surface area (Å²) in [6, 6.07) is 2.61. The molecule has 0 bridgehead atoms. The number of aryl methyl sites for hydroxylation is 1. The molecular weight excluding hydrogens is 661 g/mol. The van der Waals surface area contributed by atoms with Crippen LogP contribution < -0.4 is 14.2 Å². The summed E-state index contributed by atoms with van der Waals surface area (Å²) in [4.78, 5) is 0. The van der Waals surface area contributed by atoms with E-state index in [0.717, 1.165) is 18.9 Å². The number of hydrogen-bond acceptors (Lipinski definition) is 5. The van der Waals surface area contributed by atoms with Gasteiger partial charge in [0.15, 0.2) is 29.9 Å². The van der Waals surface area contributed by atoms with Gasteiger partial charge < -0.3 is 23.7 Å². The second-order valence-corrected chi connectivity index (χ2v) is 10.3. The molecule has 0 saturated carbocycles. The summed E-state index contributed by atoms with van der Waals surface area (Å²) in [7, 11) is 0. The van der Waals surface area contributed by atoms with E-state index in [4.69, 9.17) is 9.47 Å². The fourth-order valence-electron chi connectivity index (χ4n) is 4.66. The quantitative estimate of drug-likeness (QED) is 0.133. The number of alkyl halides is 4. The van der Waals surface area contributed by atoms with Crippen molar-refractivity contribution >= 4 is 0 Å². The van der Waals surface area contributed by atoms with Crippen LogP contribution >= 0.6 is 0 Å². The Labute approximate surface area is 260 Å². The fraction of sp³-hybridized carbons (Fsp3) is 0.355. The highest BCUT2D eigenvalue weighted by atomic mass is 19.3. The Bertz CT molecular complexity index is 1540. The Morgan fingerprint density at radius 2 is 1.32 bits per heavy atom. The van der Waals surface area contributed by atoms with Gasteiger partial charge in [0.1, 0.15) is 34.5 Å². The van der Waals surface area contributed by atoms with E-state index in [2.05, 4.69) is 14.2 Å². The van der Waals surface area contributed by atoms with Crippen molar-refractivity contribution in [3.05, 3.63) is 101 Å². The maximum absolute atomic E-state index is 14.9. The molecule has 1 aliphatic heterocycles. The molecule has 0 aromatic heterocycles. The smallest absolute Gasteiger partial charge is 0.432 e. The topological polar surface area (TPSA) is 46.2 Å². The largest absolute Gasteiger partial charge is 0.453 e. The lowest BCUT2D eigenvalue weighted by molar-refractivity contribution is -0.203. The van der Waals surface area contributed by atoms with Gasteiger partial charge in [0.2, 0.25) is 0 Å². The molecule has 4 rings (SSSR count). The maximum atomic E-state index is 14.9. The lowest BCUT2D eigenvalue weighted by Crippen LogP contribution is -2.32. The molecule has 0 atom stereocenters. The van der Waals surface area contributed by atoms with Crippen LogP contribution in [0.3, 0.4) is 0 Å². The first-order valence-electron chi connectivity index (χ1n) is 13.9. The summed E-state index contributed by atoms with van der Waals surface area (Å²) in [6.07, 6.45) is -10.5. The number of halogens is 11. The molecule has 1 heterocycles. The molecule has 1 aliphatic rings. The third-order valence-corrected chi connectivity index (χ3v) is 6.78. The fourth-order valence-corrected chi connectivity index (χ4v) is 4.66. The zero-order valence-electron chi connectivity index (χ0n) is 24.2. The highest BCUT2D eigenvalue weighted by Gasteiger charge is 2.43. The average Bonchev–Trinajstić information content (AvgIpc) is 2.95. The number of hydrogen-bond donors (Lipinski definition) is 0. The average molecular weight is 687 g/mol. The highest BCUT2D eigenvalue weighted by molar-refractivity contribution is 5.38. The molecule has 47 heavy (non-hydrogen) atoms. The van der Waals surface area contributed by atoms with E-state index in [1.165, 1.54) is 6.07 Å². The van der Waals surface area contributed by atoms with Crippen molar-refractivity contribution in [2.24, 2.45) is 5.92 Å². The van der Waals surface area contributed by atoms with E-state index < -0.39 is 82.0 Å². The molecule has 0 radical (unpaired) electrons. The minimum Gasteiger partial charge on any atom is -0.453 e. The van der Waals surface area contributed by atoms with Crippen molar-refractivity contribution < 1.29 is 72.0 Å². The van der Waals surface area contributed by atoms with Gasteiger partial charge in [0.05, 0.1) is 18.8 Å². The second-order valence-electron chi connectivity index (χ2n) is 10.3. The Morgan fingerprint density at radius 1 is 0.766 bits per heavy atom. The SMILES string of the molecule is CCCC1COC(CCc2ccc(C(F)(F)Oc3cc(F)c(C(F)(F)Oc4cc(F)c(OC=C(F)F)c(F)c4)c(F)c3)c(F)c2)OC1. The first kappa shape index (κ1) is 35.8. The summed E-state index contributed by atoms with van der Waals surface area (Å²) < 4.78 is 179. The van der Waals surface area contributed by atoms with Crippen LogP contribution in [0.1, 0.15) is 42.9 Å². The van der Waals surface area contributed by atoms with E-state index in [1.54, 1.807) is 0 Å². The van der Waals surface area contributed by atoms with Gasteiger partial charge in [-0.2, -0.15) is 26.3 Å². The predicted octanol–water partition coefficient (Wildman–Crippen LogP) is 9.48. The van der Waals surface area contributed by atoms with Gasteiger partial charge in [-0.25, -0.2) is 22.0 Å². The molecule has 3 aromatic carbocycles. The standard InChI is InChI=1S/C31H25F11O5/c1-2-3-17-13-43-27(44-14-17)7-5-16-4-6-20(21(32)8-16)30(39,40)46-18-9-22(33)28(23(34)10-18)31(41,42)47-19-11-24(35)29(25(36)12-19)45-15-26(37)38/h4,6,8-12,15,17,27H,2-3,5,7,13-14H2,1H3. The molecule has 16 heteroatoms. The van der Waals surface area contributed by atoms with E-state index in [-0.39, 0.29) is 42.9 Å². The van der Waals surface area contributed by atoms with Crippen molar-refractivity contribution in [3.8, 4) is 17.2 Å². The van der Waals surface area contributed by atoms with E-state index in [9.17, 15) is 48.3 Å². The summed E-state index contributed by atoms with van der Waals surface area (Å²) >= 11 is 0. The first-order valence-corrected chi connectivity index (χ1v) is 13.9. The van der Waals surface area contributed by atoms with Gasteiger partial charge in [-0.15, -0.1) is 0 Å². The molecule has 0 unspecified atom stereocenters. The van der Waals surface area contributed by atoms with Crippen LogP contribution in [-0.4, -0.2) is 19.5 Å². The van der Waals surface area contributed by atoms with Crippen LogP contribution in [0.4, 0.5) is 48.3 Å². The molecular formula is C31H25F11O5. The summed E-state index contributed by atoms with van der Waals surface area (Å²) in [5, 5.41) is 0. The number of rotatable bonds is 13. The van der Waals surface area contributed by atoms with Gasteiger partial charge in [0.25, 0.3) is 0 Å². The Kier molecular flexibility index (Phi) is 11.3. The molecule has 1 saturated heterocycles. The van der Waals surface area contributed by atoms with Crippen LogP contribution in [0, 0.1) is 35.0 Å². The van der Waals surface area contributed by atoms with E-state index >= 15 is 0 Å². The van der Waals surface area contributed by atoms with Crippen molar-refractivity contribution in [1.29, 1.82) is 0 Å². The summed E-state index contributed by atoms with van der Waals surface area (Å²) in [6.45, 7) is 3.03. The lowest BCUT2D eigenvalue weighted by Gasteiger charge is -2.29. The van der Waals surface area contributed by atoms with Crippen LogP contribution in [0.15, 0.2) is 54.8 Å². The monoisotopic (exact) mass is 686 g/mol. The first-order chi connectivity index (χ1) is 22.1. The van der Waals surface area contributed by atoms with Crippen molar-refractivity contribution in [2.45, 2.75) is 51.1 Å². The molecule has 0 spiro atoms. The predicted molar refractivity (Wildman–Crippen MR) is 141 cm³/mol. The molecule has 0 N–H and O–H groups in total. The second kappa shape index (κ2) is 14.8. The molecule has 1 fully saturated rings. The number of ether oxygens (including phenoxy) is 5. The normalized spacial score (nSPS) is 16.9. The third kappa shape index (κ3) is 9.06. The molecule has 0 aliphatic carbocycles. The Balaban J connectivity index is 1.44. The zero-order valence-corrected chi connectivity index (χ0v) is 24.2. The van der Waals surface area contributed by atoms with E-state index in [1.807, 2.05) is 6.92 Å². The highest BCUT2D eigenvalue weighted by Crippen LogP contribution is 2.40. The van der Waals surface area contributed by atoms with Gasteiger partial charge >= 0.3 is 18.3 Å². The molecule has 5 nitrogen and oxygen atoms in total. The maximum Gasteiger partial charge on any atom is 0.432 e. The van der Waals surface area contributed by atoms with Crippen LogP contribution in [0.25, 0.3) is 0 Å². The molecule has 3 aromatic rings. The zero-order chi connectivity index (χ0) is 34.5. The van der Waals surface area contributed by atoms with Crippen molar-refractivity contribution in [1.82, 2.24) is 0 Å². The van der Waals surface area contributed by atoms with Crippen LogP contribution in [-0.2, 0) is 28.1 Å². The third-order valence-electron chi connectivity index (χ3n) is 6.78. The lowest BCUT2D eigenvalue weighted by atomic mass is 10.0. The summed E-state index contributed by atoms with van der Waals surface area (Å²) in [5.41, 5.74) is -3.19.